The molecule has 28 heavy (non-hydrogen) atoms. The first-order valence-electron chi connectivity index (χ1n) is 9.00. The van der Waals surface area contributed by atoms with Gasteiger partial charge in [0.1, 0.15) is 5.82 Å². The molecule has 0 radical (unpaired) electrons. The Morgan fingerprint density at radius 3 is 2.96 bits per heavy atom. The molecule has 2 heterocycles. The third-order valence-electron chi connectivity index (χ3n) is 4.81. The number of anilines is 3. The Kier molecular flexibility index (Phi) is 4.64. The average Bonchev–Trinajstić information content (AvgIpc) is 3.10. The Labute approximate surface area is 161 Å². The van der Waals surface area contributed by atoms with E-state index in [-0.39, 0.29) is 18.1 Å². The third kappa shape index (κ3) is 3.38. The number of carbonyl (C=O) groups excluding carboxylic acids is 1. The number of hydrogen-bond acceptors (Lipinski definition) is 6. The number of aryl methyl sites for hydroxylation is 1. The zero-order valence-electron chi connectivity index (χ0n) is 15.4. The summed E-state index contributed by atoms with van der Waals surface area (Å²) in [6.45, 7) is 2.60. The molecule has 1 amide bonds. The number of nitrogens with zero attached hydrogens (tertiary/aromatic N) is 5. The van der Waals surface area contributed by atoms with Crippen LogP contribution in [0.2, 0.25) is 0 Å². The van der Waals surface area contributed by atoms with Gasteiger partial charge in [-0.1, -0.05) is 6.07 Å². The molecule has 8 nitrogen and oxygen atoms in total. The molecule has 1 aliphatic heterocycles. The van der Waals surface area contributed by atoms with Gasteiger partial charge in [-0.25, -0.2) is 4.39 Å². The first-order chi connectivity index (χ1) is 13.5. The summed E-state index contributed by atoms with van der Waals surface area (Å²) in [5.74, 6) is -0.266. The van der Waals surface area contributed by atoms with Gasteiger partial charge in [0.2, 0.25) is 5.91 Å². The second-order valence-corrected chi connectivity index (χ2v) is 6.72. The second kappa shape index (κ2) is 7.26. The number of tetrazole rings is 1. The van der Waals surface area contributed by atoms with Crippen molar-refractivity contribution in [3.8, 4) is 5.69 Å². The predicted molar refractivity (Wildman–Crippen MR) is 104 cm³/mol. The molecule has 0 aliphatic carbocycles. The van der Waals surface area contributed by atoms with Crippen LogP contribution in [0.4, 0.5) is 21.5 Å². The summed E-state index contributed by atoms with van der Waals surface area (Å²) in [6, 6.07) is 10.0. The smallest absolute Gasteiger partial charge is 0.243 e. The zero-order valence-corrected chi connectivity index (χ0v) is 15.4. The van der Waals surface area contributed by atoms with E-state index in [0.29, 0.717) is 11.5 Å². The number of nitrogen functional groups attached to an aromatic ring is 1. The van der Waals surface area contributed by atoms with E-state index in [4.69, 9.17) is 5.73 Å². The number of fused-ring (bicyclic) bond motifs is 1. The Bertz CT molecular complexity index is 1030. The van der Waals surface area contributed by atoms with Crippen LogP contribution in [-0.4, -0.2) is 39.2 Å². The van der Waals surface area contributed by atoms with Crippen molar-refractivity contribution in [3.05, 3.63) is 53.6 Å². The highest BCUT2D eigenvalue weighted by Gasteiger charge is 2.21. The van der Waals surface area contributed by atoms with Gasteiger partial charge in [0, 0.05) is 17.9 Å². The summed E-state index contributed by atoms with van der Waals surface area (Å²) in [5.41, 5.74) is 9.46. The van der Waals surface area contributed by atoms with Gasteiger partial charge in [0.25, 0.3) is 0 Å². The van der Waals surface area contributed by atoms with E-state index in [2.05, 4.69) is 20.8 Å². The van der Waals surface area contributed by atoms with Crippen LogP contribution in [-0.2, 0) is 11.2 Å². The molecule has 1 aliphatic rings. The lowest BCUT2D eigenvalue weighted by Gasteiger charge is -2.31. The number of amides is 1. The van der Waals surface area contributed by atoms with Crippen LogP contribution in [0.5, 0.6) is 0 Å². The fourth-order valence-electron chi connectivity index (χ4n) is 3.47. The molecule has 0 bridgehead atoms. The van der Waals surface area contributed by atoms with Gasteiger partial charge >= 0.3 is 0 Å². The molecule has 0 atom stereocenters. The minimum absolute atomic E-state index is 0.0854. The molecule has 0 unspecified atom stereocenters. The summed E-state index contributed by atoms with van der Waals surface area (Å²) in [5, 5.41) is 13.9. The Morgan fingerprint density at radius 1 is 1.32 bits per heavy atom. The molecule has 9 heteroatoms. The van der Waals surface area contributed by atoms with Crippen molar-refractivity contribution in [1.29, 1.82) is 0 Å². The molecule has 144 valence electrons. The number of halogens is 1. The van der Waals surface area contributed by atoms with Gasteiger partial charge in [0.05, 0.1) is 17.9 Å². The fraction of sp³-hybridized carbons (Fsp3) is 0.263. The van der Waals surface area contributed by atoms with Crippen molar-refractivity contribution in [2.24, 2.45) is 0 Å². The monoisotopic (exact) mass is 381 g/mol. The van der Waals surface area contributed by atoms with Crippen LogP contribution in [0.15, 0.2) is 36.4 Å². The molecule has 3 N–H and O–H groups in total. The quantitative estimate of drug-likeness (QED) is 0.671. The lowest BCUT2D eigenvalue weighted by molar-refractivity contribution is -0.115. The molecule has 2 aromatic carbocycles. The number of nitrogens with two attached hydrogens (primary N) is 1. The Balaban J connectivity index is 1.52. The maximum Gasteiger partial charge on any atom is 0.243 e. The van der Waals surface area contributed by atoms with Crippen LogP contribution in [0, 0.1) is 12.7 Å². The number of aromatic nitrogens is 4. The van der Waals surface area contributed by atoms with Crippen molar-refractivity contribution in [1.82, 2.24) is 20.2 Å². The minimum atomic E-state index is -0.522. The molecule has 0 saturated heterocycles. The van der Waals surface area contributed by atoms with Gasteiger partial charge in [0.15, 0.2) is 5.82 Å². The van der Waals surface area contributed by atoms with E-state index in [1.165, 1.54) is 16.8 Å². The number of rotatable bonds is 4. The van der Waals surface area contributed by atoms with Crippen molar-refractivity contribution in [3.63, 3.8) is 0 Å². The molecular weight excluding hydrogens is 361 g/mol. The van der Waals surface area contributed by atoms with Gasteiger partial charge in [-0.05, 0) is 66.1 Å². The summed E-state index contributed by atoms with van der Waals surface area (Å²) in [6.07, 6.45) is 1.80. The van der Waals surface area contributed by atoms with Gasteiger partial charge in [-0.3, -0.25) is 4.79 Å². The summed E-state index contributed by atoms with van der Waals surface area (Å²) < 4.78 is 15.7. The van der Waals surface area contributed by atoms with Gasteiger partial charge in [-0.15, -0.1) is 5.10 Å². The highest BCUT2D eigenvalue weighted by Crippen LogP contribution is 2.31. The third-order valence-corrected chi connectivity index (χ3v) is 4.81. The van der Waals surface area contributed by atoms with E-state index in [1.807, 2.05) is 23.1 Å². The van der Waals surface area contributed by atoms with E-state index >= 15 is 0 Å². The molecular formula is C19H20FN7O. The summed E-state index contributed by atoms with van der Waals surface area (Å²) in [7, 11) is 0. The SMILES string of the molecule is Cc1nnnn1-c1ccc(F)c(NC(=O)CN2CCCc3c(N)cccc32)c1. The van der Waals surface area contributed by atoms with E-state index in [0.717, 1.165) is 36.3 Å². The number of hydrogen-bond donors (Lipinski definition) is 2. The number of nitrogens with one attached hydrogen (secondary N) is 1. The van der Waals surface area contributed by atoms with E-state index in [1.54, 1.807) is 13.0 Å². The van der Waals surface area contributed by atoms with Crippen LogP contribution < -0.4 is 16.0 Å². The molecule has 3 aromatic rings. The van der Waals surface area contributed by atoms with Crippen molar-refractivity contribution >= 4 is 23.0 Å². The van der Waals surface area contributed by atoms with Crippen molar-refractivity contribution in [2.45, 2.75) is 19.8 Å². The Hall–Kier alpha value is -3.49. The summed E-state index contributed by atoms with van der Waals surface area (Å²) in [4.78, 5) is 14.6. The molecule has 4 rings (SSSR count). The lowest BCUT2D eigenvalue weighted by atomic mass is 10.00. The van der Waals surface area contributed by atoms with Crippen molar-refractivity contribution in [2.75, 3.05) is 29.0 Å². The lowest BCUT2D eigenvalue weighted by Crippen LogP contribution is -2.37. The van der Waals surface area contributed by atoms with Crippen LogP contribution in [0.1, 0.15) is 17.8 Å². The van der Waals surface area contributed by atoms with Gasteiger partial charge in [-0.2, -0.15) is 4.68 Å². The molecule has 0 fully saturated rings. The number of benzene rings is 2. The highest BCUT2D eigenvalue weighted by molar-refractivity contribution is 5.94. The van der Waals surface area contributed by atoms with Gasteiger partial charge < -0.3 is 16.0 Å². The minimum Gasteiger partial charge on any atom is -0.398 e. The highest BCUT2D eigenvalue weighted by atomic mass is 19.1. The standard InChI is InChI=1S/C19H20FN7O/c1-12-23-24-25-27(12)13-7-8-15(20)17(10-13)22-19(28)11-26-9-3-4-14-16(21)5-2-6-18(14)26/h2,5-8,10H,3-4,9,11,21H2,1H3,(H,22,28). The Morgan fingerprint density at radius 2 is 2.18 bits per heavy atom. The van der Waals surface area contributed by atoms with E-state index < -0.39 is 5.82 Å². The van der Waals surface area contributed by atoms with Crippen LogP contribution in [0.25, 0.3) is 5.69 Å². The van der Waals surface area contributed by atoms with E-state index in [9.17, 15) is 9.18 Å². The molecule has 1 aromatic heterocycles. The summed E-state index contributed by atoms with van der Waals surface area (Å²) >= 11 is 0. The molecule has 0 spiro atoms. The van der Waals surface area contributed by atoms with Crippen LogP contribution in [0.3, 0.4) is 0 Å². The number of carbonyl (C=O) groups is 1. The second-order valence-electron chi connectivity index (χ2n) is 6.72. The first kappa shape index (κ1) is 17.9. The predicted octanol–water partition coefficient (Wildman–Crippen LogP) is 2.08. The maximum atomic E-state index is 14.2. The largest absolute Gasteiger partial charge is 0.398 e. The molecule has 0 saturated carbocycles. The van der Waals surface area contributed by atoms with Crippen molar-refractivity contribution < 1.29 is 9.18 Å². The van der Waals surface area contributed by atoms with Crippen LogP contribution >= 0.6 is 0 Å². The normalized spacial score (nSPS) is 13.3. The topological polar surface area (TPSA) is 102 Å². The maximum absolute atomic E-state index is 14.2. The zero-order chi connectivity index (χ0) is 19.7. The average molecular weight is 381 g/mol. The first-order valence-corrected chi connectivity index (χ1v) is 9.00. The fourth-order valence-corrected chi connectivity index (χ4v) is 3.47.